The monoisotopic (exact) mass is 260 g/mol. The van der Waals surface area contributed by atoms with E-state index in [0.717, 1.165) is 10.9 Å². The minimum atomic E-state index is 0.207. The van der Waals surface area contributed by atoms with Gasteiger partial charge in [-0.1, -0.05) is 12.1 Å². The van der Waals surface area contributed by atoms with Gasteiger partial charge >= 0.3 is 0 Å². The predicted molar refractivity (Wildman–Crippen MR) is 70.3 cm³/mol. The number of phenolic OH excluding ortho intramolecular Hbond substituents is 1. The third-order valence-corrected chi connectivity index (χ3v) is 3.18. The van der Waals surface area contributed by atoms with E-state index in [1.165, 1.54) is 0 Å². The van der Waals surface area contributed by atoms with Gasteiger partial charge in [0, 0.05) is 15.8 Å². The minimum Gasteiger partial charge on any atom is -0.508 e. The molecule has 2 aromatic carbocycles. The summed E-state index contributed by atoms with van der Waals surface area (Å²) in [4.78, 5) is 0.563. The summed E-state index contributed by atoms with van der Waals surface area (Å²) < 4.78 is 18.0. The highest BCUT2D eigenvalue weighted by molar-refractivity contribution is 7.94. The lowest BCUT2D eigenvalue weighted by molar-refractivity contribution is 0.476. The Morgan fingerprint density at radius 3 is 2.50 bits per heavy atom. The van der Waals surface area contributed by atoms with Crippen LogP contribution in [0.5, 0.6) is 5.75 Å². The fourth-order valence-electron chi connectivity index (χ4n) is 1.84. The van der Waals surface area contributed by atoms with Gasteiger partial charge in [0.2, 0.25) is 0 Å². The van der Waals surface area contributed by atoms with Crippen molar-refractivity contribution in [3.05, 3.63) is 48.5 Å². The van der Waals surface area contributed by atoms with E-state index in [4.69, 9.17) is 4.42 Å². The van der Waals surface area contributed by atoms with Crippen molar-refractivity contribution in [1.82, 2.24) is 0 Å². The van der Waals surface area contributed by atoms with Crippen molar-refractivity contribution in [2.75, 3.05) is 0 Å². The zero-order valence-corrected chi connectivity index (χ0v) is 10.1. The normalized spacial score (nSPS) is 10.9. The van der Waals surface area contributed by atoms with Crippen LogP contribution in [0.1, 0.15) is 0 Å². The van der Waals surface area contributed by atoms with Crippen molar-refractivity contribution in [2.45, 2.75) is 4.90 Å². The third kappa shape index (κ3) is 1.95. The number of benzene rings is 2. The van der Waals surface area contributed by atoms with Crippen LogP contribution in [0.3, 0.4) is 0 Å². The van der Waals surface area contributed by atoms with Crippen LogP contribution in [0.2, 0.25) is 0 Å². The molecule has 2 nitrogen and oxygen atoms in total. The Labute approximate surface area is 107 Å². The van der Waals surface area contributed by atoms with Crippen LogP contribution >= 0.6 is 12.1 Å². The molecule has 0 fully saturated rings. The van der Waals surface area contributed by atoms with Crippen LogP contribution < -0.4 is 0 Å². The van der Waals surface area contributed by atoms with E-state index < -0.39 is 0 Å². The molecular weight excluding hydrogens is 251 g/mol. The summed E-state index contributed by atoms with van der Waals surface area (Å²) in [5, 5.41) is 10.2. The van der Waals surface area contributed by atoms with Gasteiger partial charge in [-0.05, 0) is 36.4 Å². The Morgan fingerprint density at radius 2 is 1.78 bits per heavy atom. The number of furan rings is 1. The number of hydrogen-bond donors (Lipinski definition) is 1. The summed E-state index contributed by atoms with van der Waals surface area (Å²) in [6.45, 7) is 0. The zero-order chi connectivity index (χ0) is 12.5. The van der Waals surface area contributed by atoms with Crippen LogP contribution in [0.15, 0.2) is 57.8 Å². The molecule has 1 heterocycles. The third-order valence-electron chi connectivity index (χ3n) is 2.73. The van der Waals surface area contributed by atoms with Gasteiger partial charge in [-0.25, -0.2) is 0 Å². The molecule has 3 aromatic rings. The van der Waals surface area contributed by atoms with E-state index in [9.17, 15) is 8.99 Å². The van der Waals surface area contributed by atoms with Gasteiger partial charge in [0.25, 0.3) is 0 Å². The van der Waals surface area contributed by atoms with Crippen molar-refractivity contribution in [2.24, 2.45) is 0 Å². The largest absolute Gasteiger partial charge is 0.508 e. The van der Waals surface area contributed by atoms with Gasteiger partial charge in [-0.15, -0.1) is 0 Å². The van der Waals surface area contributed by atoms with Crippen LogP contribution in [-0.2, 0) is 0 Å². The Balaban J connectivity index is 2.07. The molecule has 0 amide bonds. The first kappa shape index (κ1) is 11.2. The van der Waals surface area contributed by atoms with E-state index in [0.29, 0.717) is 16.2 Å². The second-order valence-corrected chi connectivity index (χ2v) is 4.56. The molecule has 3 rings (SSSR count). The highest BCUT2D eigenvalue weighted by Gasteiger charge is 2.07. The SMILES string of the molecule is Oc1ccc2oc(-c3ccc(SF)cc3)cc2c1. The molecule has 0 spiro atoms. The average molecular weight is 260 g/mol. The first-order valence-electron chi connectivity index (χ1n) is 5.38. The van der Waals surface area contributed by atoms with E-state index >= 15 is 0 Å². The Kier molecular flexibility index (Phi) is 2.72. The first-order valence-corrected chi connectivity index (χ1v) is 6.09. The van der Waals surface area contributed by atoms with Crippen molar-refractivity contribution < 1.29 is 13.4 Å². The van der Waals surface area contributed by atoms with Crippen LogP contribution in [0.25, 0.3) is 22.3 Å². The summed E-state index contributed by atoms with van der Waals surface area (Å²) in [6, 6.07) is 13.8. The van der Waals surface area contributed by atoms with Gasteiger partial charge in [-0.3, -0.25) is 0 Å². The van der Waals surface area contributed by atoms with Gasteiger partial charge in [0.15, 0.2) is 0 Å². The first-order chi connectivity index (χ1) is 8.76. The molecule has 18 heavy (non-hydrogen) atoms. The predicted octanol–water partition coefficient (Wildman–Crippen LogP) is 4.78. The molecule has 4 heteroatoms. The van der Waals surface area contributed by atoms with Gasteiger partial charge in [0.05, 0.1) is 12.1 Å². The molecule has 0 unspecified atom stereocenters. The van der Waals surface area contributed by atoms with E-state index in [1.54, 1.807) is 42.5 Å². The highest BCUT2D eigenvalue weighted by Crippen LogP contribution is 2.31. The van der Waals surface area contributed by atoms with Gasteiger partial charge in [0.1, 0.15) is 17.1 Å². The highest BCUT2D eigenvalue weighted by atomic mass is 32.2. The second-order valence-electron chi connectivity index (χ2n) is 3.93. The topological polar surface area (TPSA) is 33.4 Å². The molecule has 1 N–H and O–H groups in total. The van der Waals surface area contributed by atoms with Crippen molar-refractivity contribution >= 4 is 23.1 Å². The molecule has 0 saturated heterocycles. The molecule has 0 bridgehead atoms. The van der Waals surface area contributed by atoms with Crippen LogP contribution in [-0.4, -0.2) is 5.11 Å². The summed E-state index contributed by atoms with van der Waals surface area (Å²) in [6.07, 6.45) is 0. The van der Waals surface area contributed by atoms with Gasteiger partial charge < -0.3 is 9.52 Å². The lowest BCUT2D eigenvalue weighted by Gasteiger charge is -1.96. The number of hydrogen-bond acceptors (Lipinski definition) is 3. The fraction of sp³-hybridized carbons (Fsp3) is 0. The maximum absolute atomic E-state index is 12.3. The number of rotatable bonds is 2. The standard InChI is InChI=1S/C14H9FO2S/c15-18-12-4-1-9(2-5-12)14-8-10-7-11(16)3-6-13(10)17-14/h1-8,16H. The number of halogens is 1. The molecule has 0 radical (unpaired) electrons. The number of phenols is 1. The zero-order valence-electron chi connectivity index (χ0n) is 9.26. The average Bonchev–Trinajstić information content (AvgIpc) is 2.81. The second kappa shape index (κ2) is 4.38. The van der Waals surface area contributed by atoms with Gasteiger partial charge in [-0.2, -0.15) is 3.89 Å². The molecule has 1 aromatic heterocycles. The van der Waals surface area contributed by atoms with E-state index in [2.05, 4.69) is 0 Å². The quantitative estimate of drug-likeness (QED) is 0.719. The maximum atomic E-state index is 12.3. The Hall–Kier alpha value is -1.94. The summed E-state index contributed by atoms with van der Waals surface area (Å²) in [7, 11) is 0. The molecule has 90 valence electrons. The molecular formula is C14H9FO2S. The van der Waals surface area contributed by atoms with E-state index in [1.807, 2.05) is 6.07 Å². The Bertz CT molecular complexity index is 689. The number of aromatic hydroxyl groups is 1. The molecule has 0 saturated carbocycles. The summed E-state index contributed by atoms with van der Waals surface area (Å²) in [5.74, 6) is 0.907. The van der Waals surface area contributed by atoms with Crippen LogP contribution in [0.4, 0.5) is 3.89 Å². The molecule has 0 aliphatic rings. The number of fused-ring (bicyclic) bond motifs is 1. The van der Waals surface area contributed by atoms with Crippen molar-refractivity contribution in [1.29, 1.82) is 0 Å². The fourth-order valence-corrected chi connectivity index (χ4v) is 2.08. The van der Waals surface area contributed by atoms with Crippen LogP contribution in [0, 0.1) is 0 Å². The maximum Gasteiger partial charge on any atom is 0.135 e. The lowest BCUT2D eigenvalue weighted by atomic mass is 10.1. The lowest BCUT2D eigenvalue weighted by Crippen LogP contribution is -1.73. The summed E-state index contributed by atoms with van der Waals surface area (Å²) in [5.41, 5.74) is 1.59. The molecule has 0 atom stereocenters. The molecule has 0 aliphatic heterocycles. The smallest absolute Gasteiger partial charge is 0.135 e. The molecule has 0 aliphatic carbocycles. The minimum absolute atomic E-state index is 0.207. The van der Waals surface area contributed by atoms with E-state index in [-0.39, 0.29) is 17.9 Å². The van der Waals surface area contributed by atoms with Crippen molar-refractivity contribution in [3.8, 4) is 17.1 Å². The Morgan fingerprint density at radius 1 is 1.00 bits per heavy atom. The van der Waals surface area contributed by atoms with Crippen molar-refractivity contribution in [3.63, 3.8) is 0 Å². The summed E-state index contributed by atoms with van der Waals surface area (Å²) >= 11 is 0.216.